The van der Waals surface area contributed by atoms with Crippen molar-refractivity contribution in [1.82, 2.24) is 0 Å². The Balaban J connectivity index is 0.946. The van der Waals surface area contributed by atoms with Crippen molar-refractivity contribution in [2.45, 2.75) is 12.3 Å². The number of hydrogen-bond acceptors (Lipinski definition) is 4. The minimum absolute atomic E-state index is 0.156. The van der Waals surface area contributed by atoms with Crippen molar-refractivity contribution in [3.05, 3.63) is 265 Å². The van der Waals surface area contributed by atoms with Crippen molar-refractivity contribution in [1.29, 1.82) is 0 Å². The van der Waals surface area contributed by atoms with Gasteiger partial charge in [0, 0.05) is 80.4 Å². The number of nitrogens with zero attached hydrogens (tertiary/aromatic N) is 2. The van der Waals surface area contributed by atoms with E-state index in [1.165, 1.54) is 68.2 Å². The van der Waals surface area contributed by atoms with Gasteiger partial charge in [-0.15, -0.1) is 22.7 Å². The molecule has 1 atom stereocenters. The number of para-hydroxylation sites is 4. The highest BCUT2D eigenvalue weighted by Crippen LogP contribution is 2.45. The summed E-state index contributed by atoms with van der Waals surface area (Å²) >= 11 is 3.78. The monoisotopic (exact) mass is 880 g/mol. The standard InChI is InChI=1S/C62H44N2S2/c1-6-18-44(19-7-1)55(46-32-37-59-57(41-46)53-36-35-52(42-60(53)65-59)64(49-24-12-4-13-25-49)50-26-14-5-15-27-50)38-43-39-56(62-54-28-16-17-29-58(54)66-61(62)40-43)45-30-33-51(34-31-45)63(47-20-8-2-9-21-47)48-22-10-3-11-23-48/h1-37,39-42,55H,38H2. The van der Waals surface area contributed by atoms with Gasteiger partial charge in [0.1, 0.15) is 0 Å². The molecule has 2 aromatic heterocycles. The lowest BCUT2D eigenvalue weighted by molar-refractivity contribution is 0.808. The third-order valence-corrected chi connectivity index (χ3v) is 15.1. The Kier molecular flexibility index (Phi) is 10.4. The zero-order chi connectivity index (χ0) is 43.8. The highest BCUT2D eigenvalue weighted by Gasteiger charge is 2.21. The molecule has 10 aromatic carbocycles. The Labute approximate surface area is 393 Å². The van der Waals surface area contributed by atoms with Crippen LogP contribution in [0.1, 0.15) is 22.6 Å². The van der Waals surface area contributed by atoms with E-state index in [-0.39, 0.29) is 5.92 Å². The molecule has 0 fully saturated rings. The Bertz CT molecular complexity index is 3520. The minimum Gasteiger partial charge on any atom is -0.311 e. The summed E-state index contributed by atoms with van der Waals surface area (Å²) in [6, 6.07) is 90.9. The van der Waals surface area contributed by atoms with E-state index in [1.807, 2.05) is 22.7 Å². The second-order valence-corrected chi connectivity index (χ2v) is 19.0. The van der Waals surface area contributed by atoms with Gasteiger partial charge in [0.25, 0.3) is 0 Å². The van der Waals surface area contributed by atoms with Crippen molar-refractivity contribution in [3.8, 4) is 11.1 Å². The highest BCUT2D eigenvalue weighted by molar-refractivity contribution is 7.26. The van der Waals surface area contributed by atoms with E-state index in [0.29, 0.717) is 0 Å². The molecule has 0 saturated carbocycles. The van der Waals surface area contributed by atoms with E-state index >= 15 is 0 Å². The SMILES string of the molecule is c1ccc(C(Cc2cc(-c3ccc(N(c4ccccc4)c4ccccc4)cc3)c3c(c2)sc2ccccc23)c2ccc3sc4cc(N(c5ccccc5)c5ccccc5)ccc4c3c2)cc1. The molecule has 4 heteroatoms. The van der Waals surface area contributed by atoms with Crippen molar-refractivity contribution in [3.63, 3.8) is 0 Å². The number of hydrogen-bond donors (Lipinski definition) is 0. The molecule has 2 heterocycles. The zero-order valence-corrected chi connectivity index (χ0v) is 37.8. The largest absolute Gasteiger partial charge is 0.311 e. The van der Waals surface area contributed by atoms with Crippen LogP contribution in [0.3, 0.4) is 0 Å². The number of benzene rings is 10. The molecule has 12 rings (SSSR count). The fourth-order valence-electron chi connectivity index (χ4n) is 9.74. The molecule has 0 saturated heterocycles. The van der Waals surface area contributed by atoms with Gasteiger partial charge in [-0.05, 0) is 131 Å². The molecule has 1 unspecified atom stereocenters. The van der Waals surface area contributed by atoms with Crippen LogP contribution in [0.15, 0.2) is 249 Å². The Hall–Kier alpha value is -7.76. The summed E-state index contributed by atoms with van der Waals surface area (Å²) in [5.74, 6) is 0.156. The van der Waals surface area contributed by atoms with Crippen LogP contribution in [0.2, 0.25) is 0 Å². The van der Waals surface area contributed by atoms with Gasteiger partial charge in [0.05, 0.1) is 0 Å². The highest BCUT2D eigenvalue weighted by atomic mass is 32.1. The molecule has 0 radical (unpaired) electrons. The van der Waals surface area contributed by atoms with Crippen LogP contribution < -0.4 is 9.80 Å². The summed E-state index contributed by atoms with van der Waals surface area (Å²) in [4.78, 5) is 4.68. The molecule has 0 amide bonds. The minimum atomic E-state index is 0.156. The van der Waals surface area contributed by atoms with Gasteiger partial charge in [-0.2, -0.15) is 0 Å². The van der Waals surface area contributed by atoms with E-state index in [9.17, 15) is 0 Å². The average molecular weight is 881 g/mol. The maximum absolute atomic E-state index is 2.48. The summed E-state index contributed by atoms with van der Waals surface area (Å²) in [5, 5.41) is 5.25. The Morgan fingerprint density at radius 3 is 1.44 bits per heavy atom. The molecular weight excluding hydrogens is 837 g/mol. The van der Waals surface area contributed by atoms with Gasteiger partial charge in [0.2, 0.25) is 0 Å². The number of rotatable bonds is 11. The second kappa shape index (κ2) is 17.3. The third kappa shape index (κ3) is 7.50. The number of fused-ring (bicyclic) bond motifs is 6. The maximum Gasteiger partial charge on any atom is 0.0476 e. The van der Waals surface area contributed by atoms with Crippen molar-refractivity contribution in [2.75, 3.05) is 9.80 Å². The van der Waals surface area contributed by atoms with Crippen molar-refractivity contribution < 1.29 is 0 Å². The molecular formula is C62H44N2S2. The predicted octanol–water partition coefficient (Wildman–Crippen LogP) is 18.4. The molecule has 12 aromatic rings. The Morgan fingerprint density at radius 2 is 0.818 bits per heavy atom. The fourth-order valence-corrected chi connectivity index (χ4v) is 12.1. The van der Waals surface area contributed by atoms with Crippen LogP contribution in [0.25, 0.3) is 51.5 Å². The normalized spacial score (nSPS) is 11.9. The van der Waals surface area contributed by atoms with Gasteiger partial charge < -0.3 is 9.80 Å². The smallest absolute Gasteiger partial charge is 0.0476 e. The van der Waals surface area contributed by atoms with E-state index in [2.05, 4.69) is 259 Å². The maximum atomic E-state index is 2.48. The summed E-state index contributed by atoms with van der Waals surface area (Å²) in [5.41, 5.74) is 13.3. The molecule has 0 aliphatic carbocycles. The van der Waals surface area contributed by atoms with Crippen LogP contribution in [-0.4, -0.2) is 0 Å². The quantitative estimate of drug-likeness (QED) is 0.128. The first-order chi connectivity index (χ1) is 32.7. The van der Waals surface area contributed by atoms with E-state index in [1.54, 1.807) is 0 Å². The van der Waals surface area contributed by atoms with E-state index in [0.717, 1.165) is 40.5 Å². The van der Waals surface area contributed by atoms with Crippen LogP contribution in [0.5, 0.6) is 0 Å². The summed E-state index contributed by atoms with van der Waals surface area (Å²) in [6.45, 7) is 0. The fraction of sp³-hybridized carbons (Fsp3) is 0.0323. The van der Waals surface area contributed by atoms with Gasteiger partial charge in [-0.25, -0.2) is 0 Å². The van der Waals surface area contributed by atoms with Crippen LogP contribution in [-0.2, 0) is 6.42 Å². The van der Waals surface area contributed by atoms with E-state index < -0.39 is 0 Å². The first-order valence-corrected chi connectivity index (χ1v) is 24.2. The Morgan fingerprint density at radius 1 is 0.318 bits per heavy atom. The van der Waals surface area contributed by atoms with Crippen LogP contribution in [0, 0.1) is 0 Å². The molecule has 66 heavy (non-hydrogen) atoms. The summed E-state index contributed by atoms with van der Waals surface area (Å²) in [6.07, 6.45) is 0.871. The van der Waals surface area contributed by atoms with Gasteiger partial charge in [-0.1, -0.05) is 152 Å². The van der Waals surface area contributed by atoms with Crippen LogP contribution in [0.4, 0.5) is 34.1 Å². The van der Waals surface area contributed by atoms with E-state index in [4.69, 9.17) is 0 Å². The van der Waals surface area contributed by atoms with Crippen molar-refractivity contribution in [2.24, 2.45) is 0 Å². The molecule has 0 bridgehead atoms. The lowest BCUT2D eigenvalue weighted by Crippen LogP contribution is -2.09. The topological polar surface area (TPSA) is 6.48 Å². The summed E-state index contributed by atoms with van der Waals surface area (Å²) in [7, 11) is 0. The lowest BCUT2D eigenvalue weighted by atomic mass is 9.84. The van der Waals surface area contributed by atoms with Crippen molar-refractivity contribution >= 4 is 97.1 Å². The van der Waals surface area contributed by atoms with Gasteiger partial charge in [0.15, 0.2) is 0 Å². The van der Waals surface area contributed by atoms with Gasteiger partial charge in [-0.3, -0.25) is 0 Å². The molecule has 0 aliphatic rings. The molecule has 0 spiro atoms. The predicted molar refractivity (Wildman–Crippen MR) is 285 cm³/mol. The zero-order valence-electron chi connectivity index (χ0n) is 36.2. The first-order valence-electron chi connectivity index (χ1n) is 22.6. The first kappa shape index (κ1) is 39.8. The third-order valence-electron chi connectivity index (χ3n) is 12.8. The average Bonchev–Trinajstić information content (AvgIpc) is 3.95. The number of anilines is 6. The molecule has 2 nitrogen and oxygen atoms in total. The second-order valence-electron chi connectivity index (χ2n) is 16.9. The molecule has 0 N–H and O–H groups in total. The van der Waals surface area contributed by atoms with Crippen LogP contribution >= 0.6 is 22.7 Å². The van der Waals surface area contributed by atoms with Gasteiger partial charge >= 0.3 is 0 Å². The molecule has 314 valence electrons. The summed E-state index contributed by atoms with van der Waals surface area (Å²) < 4.78 is 5.23. The number of thiophene rings is 2. The molecule has 0 aliphatic heterocycles. The lowest BCUT2D eigenvalue weighted by Gasteiger charge is -2.25.